The Morgan fingerprint density at radius 2 is 1.24 bits per heavy atom. The van der Waals surface area contributed by atoms with Gasteiger partial charge in [-0.25, -0.2) is 4.98 Å². The van der Waals surface area contributed by atoms with Crippen LogP contribution in [0.5, 0.6) is 11.5 Å². The fraction of sp³-hybridized carbons (Fsp3) is 0.0833. The first-order valence-corrected chi connectivity index (χ1v) is 18.0. The zero-order chi connectivity index (χ0) is 35.4. The Hall–Kier alpha value is -6.06. The summed E-state index contributed by atoms with van der Waals surface area (Å²) >= 11 is 0. The molecular weight excluding hydrogens is 755 g/mol. The van der Waals surface area contributed by atoms with Crippen molar-refractivity contribution in [2.75, 3.05) is 0 Å². The summed E-state index contributed by atoms with van der Waals surface area (Å²) in [5.74, 6) is 1.21. The van der Waals surface area contributed by atoms with E-state index in [1.807, 2.05) is 24.4 Å². The van der Waals surface area contributed by atoms with E-state index in [0.717, 1.165) is 66.4 Å². The zero-order valence-electron chi connectivity index (χ0n) is 29.8. The molecule has 0 aliphatic heterocycles. The van der Waals surface area contributed by atoms with E-state index in [9.17, 15) is 0 Å². The summed E-state index contributed by atoms with van der Waals surface area (Å²) < 4.78 is 11.2. The first-order valence-electron chi connectivity index (χ1n) is 18.0. The van der Waals surface area contributed by atoms with Crippen molar-refractivity contribution in [3.05, 3.63) is 157 Å². The number of rotatable bonds is 4. The van der Waals surface area contributed by atoms with E-state index in [1.165, 1.54) is 27.2 Å². The molecule has 0 saturated heterocycles. The summed E-state index contributed by atoms with van der Waals surface area (Å²) in [4.78, 5) is 10.3. The van der Waals surface area contributed by atoms with Gasteiger partial charge in [0.1, 0.15) is 5.65 Å². The average molecular weight is 787 g/mol. The van der Waals surface area contributed by atoms with Crippen molar-refractivity contribution < 1.29 is 25.2 Å². The minimum atomic E-state index is -0.0335. The Labute approximate surface area is 325 Å². The van der Waals surface area contributed by atoms with Crippen molar-refractivity contribution in [3.8, 4) is 34.0 Å². The standard InChI is InChI=1S/C48H32N4O.Pd/c1-48(2,3)39-25-26-49-47-42(39)37-19-12-18-36-35-24-22-32(28-41(35)52(47)45(36)37)53-31-21-23-33-34-17-10-11-20-40(34)51-44(30-15-8-5-9-16-30)43(29-13-6-4-7-14-29)50-46(51)38(33)27-31;/h4-26H,1-3H3;/q-2;+2. The minimum Gasteiger partial charge on any atom is -0.503 e. The van der Waals surface area contributed by atoms with E-state index < -0.39 is 0 Å². The minimum absolute atomic E-state index is 0. The molecular formula is C48H32N4OPd. The average Bonchev–Trinajstić information content (AvgIpc) is 3.86. The van der Waals surface area contributed by atoms with Gasteiger partial charge in [0.25, 0.3) is 0 Å². The van der Waals surface area contributed by atoms with Gasteiger partial charge in [-0.15, -0.1) is 29.7 Å². The molecule has 0 radical (unpaired) electrons. The maximum atomic E-state index is 6.66. The monoisotopic (exact) mass is 786 g/mol. The number of para-hydroxylation sites is 2. The third-order valence-electron chi connectivity index (χ3n) is 10.7. The van der Waals surface area contributed by atoms with Gasteiger partial charge < -0.3 is 13.5 Å². The number of nitrogens with zero attached hydrogens (tertiary/aromatic N) is 4. The van der Waals surface area contributed by atoms with E-state index in [-0.39, 0.29) is 25.8 Å². The molecule has 260 valence electrons. The number of imidazole rings is 1. The van der Waals surface area contributed by atoms with Crippen molar-refractivity contribution >= 4 is 65.5 Å². The van der Waals surface area contributed by atoms with Crippen LogP contribution < -0.4 is 4.74 Å². The Morgan fingerprint density at radius 3 is 2.02 bits per heavy atom. The third kappa shape index (κ3) is 4.67. The summed E-state index contributed by atoms with van der Waals surface area (Å²) in [7, 11) is 0. The SMILES string of the molecule is CC(C)(C)c1ccnc2c1c1cccc3c4ccc(Oc5[c-]c6c(cc5)c5ccccc5n5c(-c7ccccc7)c(-c7ccccc7)nc65)[c-]c4n2c31.[Pd+2]. The zero-order valence-corrected chi connectivity index (χ0v) is 31.3. The van der Waals surface area contributed by atoms with Crippen LogP contribution in [0.2, 0.25) is 0 Å². The molecule has 0 aliphatic carbocycles. The van der Waals surface area contributed by atoms with Crippen LogP contribution in [0, 0.1) is 12.1 Å². The van der Waals surface area contributed by atoms with Crippen LogP contribution in [0.15, 0.2) is 140 Å². The topological polar surface area (TPSA) is 43.8 Å². The van der Waals surface area contributed by atoms with E-state index in [4.69, 9.17) is 14.7 Å². The molecule has 54 heavy (non-hydrogen) atoms. The van der Waals surface area contributed by atoms with Crippen LogP contribution >= 0.6 is 0 Å². The van der Waals surface area contributed by atoms with E-state index in [1.54, 1.807) is 0 Å². The van der Waals surface area contributed by atoms with Crippen molar-refractivity contribution in [1.82, 2.24) is 18.8 Å². The fourth-order valence-corrected chi connectivity index (χ4v) is 8.39. The number of hydrogen-bond donors (Lipinski definition) is 0. The van der Waals surface area contributed by atoms with Gasteiger partial charge in [0.15, 0.2) is 0 Å². The summed E-state index contributed by atoms with van der Waals surface area (Å²) in [5, 5.41) is 7.81. The van der Waals surface area contributed by atoms with Crippen molar-refractivity contribution in [3.63, 3.8) is 0 Å². The van der Waals surface area contributed by atoms with Gasteiger partial charge in [-0.2, -0.15) is 6.07 Å². The van der Waals surface area contributed by atoms with Crippen LogP contribution in [0.25, 0.3) is 88.1 Å². The first kappa shape index (κ1) is 32.6. The largest absolute Gasteiger partial charge is 2.00 e. The summed E-state index contributed by atoms with van der Waals surface area (Å²) in [5.41, 5.74) is 10.4. The number of aromatic nitrogens is 4. The molecule has 0 atom stereocenters. The quantitative estimate of drug-likeness (QED) is 0.101. The normalized spacial score (nSPS) is 12.2. The van der Waals surface area contributed by atoms with Crippen LogP contribution in [0.1, 0.15) is 26.3 Å². The second-order valence-electron chi connectivity index (χ2n) is 14.9. The molecule has 6 heteroatoms. The summed E-state index contributed by atoms with van der Waals surface area (Å²) in [6.45, 7) is 6.78. The number of fused-ring (bicyclic) bond motifs is 12. The number of hydrogen-bond acceptors (Lipinski definition) is 3. The van der Waals surface area contributed by atoms with Gasteiger partial charge in [0, 0.05) is 45.1 Å². The van der Waals surface area contributed by atoms with Crippen LogP contribution in [-0.2, 0) is 25.8 Å². The molecule has 5 heterocycles. The third-order valence-corrected chi connectivity index (χ3v) is 10.7. The molecule has 0 unspecified atom stereocenters. The molecule has 5 nitrogen and oxygen atoms in total. The number of benzene rings is 6. The summed E-state index contributed by atoms with van der Waals surface area (Å²) in [6.07, 6.45) is 1.93. The maximum Gasteiger partial charge on any atom is 2.00 e. The second kappa shape index (κ2) is 12.0. The fourth-order valence-electron chi connectivity index (χ4n) is 8.39. The van der Waals surface area contributed by atoms with Gasteiger partial charge in [-0.1, -0.05) is 140 Å². The van der Waals surface area contributed by atoms with Gasteiger partial charge in [0.05, 0.1) is 17.0 Å². The van der Waals surface area contributed by atoms with Gasteiger partial charge >= 0.3 is 20.4 Å². The molecule has 0 N–H and O–H groups in total. The van der Waals surface area contributed by atoms with E-state index >= 15 is 0 Å². The predicted molar refractivity (Wildman–Crippen MR) is 216 cm³/mol. The molecule has 6 aromatic carbocycles. The van der Waals surface area contributed by atoms with E-state index in [2.05, 4.69) is 157 Å². The molecule has 5 aromatic heterocycles. The smallest absolute Gasteiger partial charge is 0.503 e. The molecule has 0 saturated carbocycles. The number of pyridine rings is 2. The Kier molecular flexibility index (Phi) is 7.23. The van der Waals surface area contributed by atoms with Crippen molar-refractivity contribution in [1.29, 1.82) is 0 Å². The summed E-state index contributed by atoms with van der Waals surface area (Å²) in [6, 6.07) is 53.8. The van der Waals surface area contributed by atoms with Gasteiger partial charge in [-0.3, -0.25) is 4.98 Å². The van der Waals surface area contributed by atoms with Gasteiger partial charge in [0.2, 0.25) is 0 Å². The number of ether oxygens (including phenoxy) is 1. The molecule has 0 amide bonds. The van der Waals surface area contributed by atoms with E-state index in [0.29, 0.717) is 11.5 Å². The molecule has 0 fully saturated rings. The molecule has 0 spiro atoms. The molecule has 0 bridgehead atoms. The van der Waals surface area contributed by atoms with Crippen LogP contribution in [-0.4, -0.2) is 18.8 Å². The van der Waals surface area contributed by atoms with Crippen LogP contribution in [0.4, 0.5) is 0 Å². The predicted octanol–water partition coefficient (Wildman–Crippen LogP) is 12.2. The van der Waals surface area contributed by atoms with Crippen molar-refractivity contribution in [2.45, 2.75) is 26.2 Å². The second-order valence-corrected chi connectivity index (χ2v) is 14.9. The Bertz CT molecular complexity index is 3230. The first-order chi connectivity index (χ1) is 25.9. The Balaban J connectivity index is 0.00000361. The van der Waals surface area contributed by atoms with Gasteiger partial charge in [-0.05, 0) is 39.4 Å². The Morgan fingerprint density at radius 1 is 0.574 bits per heavy atom. The molecule has 11 rings (SSSR count). The maximum absolute atomic E-state index is 6.66. The van der Waals surface area contributed by atoms with Crippen molar-refractivity contribution in [2.24, 2.45) is 0 Å². The van der Waals surface area contributed by atoms with Crippen LogP contribution in [0.3, 0.4) is 0 Å². The molecule has 11 aromatic rings. The molecule has 0 aliphatic rings.